The van der Waals surface area contributed by atoms with E-state index in [4.69, 9.17) is 10.5 Å². The summed E-state index contributed by atoms with van der Waals surface area (Å²) in [5, 5.41) is 5.54. The summed E-state index contributed by atoms with van der Waals surface area (Å²) < 4.78 is 5.92. The number of anilines is 3. The molecular weight excluding hydrogens is 336 g/mol. The molecule has 0 amide bonds. The van der Waals surface area contributed by atoms with Gasteiger partial charge in [0.05, 0.1) is 0 Å². The molecule has 0 atom stereocenters. The molecule has 27 heavy (non-hydrogen) atoms. The van der Waals surface area contributed by atoms with Crippen molar-refractivity contribution in [3.05, 3.63) is 78.1 Å². The van der Waals surface area contributed by atoms with Crippen LogP contribution in [0.4, 0.5) is 17.2 Å². The number of aryl methyl sites for hydroxylation is 2. The second kappa shape index (κ2) is 6.96. The molecule has 0 bridgehead atoms. The predicted octanol–water partition coefficient (Wildman–Crippen LogP) is 5.36. The molecule has 5 heteroatoms. The summed E-state index contributed by atoms with van der Waals surface area (Å²) in [4.78, 5) is 8.49. The molecule has 3 aromatic carbocycles. The second-order valence-electron chi connectivity index (χ2n) is 6.52. The molecule has 0 saturated carbocycles. The van der Waals surface area contributed by atoms with Gasteiger partial charge in [-0.15, -0.1) is 0 Å². The van der Waals surface area contributed by atoms with E-state index in [-0.39, 0.29) is 0 Å². The van der Waals surface area contributed by atoms with Crippen molar-refractivity contribution in [2.75, 3.05) is 11.1 Å². The van der Waals surface area contributed by atoms with Crippen molar-refractivity contribution in [2.45, 2.75) is 13.8 Å². The van der Waals surface area contributed by atoms with Crippen molar-refractivity contribution in [1.29, 1.82) is 0 Å². The summed E-state index contributed by atoms with van der Waals surface area (Å²) >= 11 is 0. The number of hydrogen-bond acceptors (Lipinski definition) is 5. The fourth-order valence-electron chi connectivity index (χ4n) is 3.13. The van der Waals surface area contributed by atoms with Gasteiger partial charge >= 0.3 is 0 Å². The number of fused-ring (bicyclic) bond motifs is 1. The monoisotopic (exact) mass is 356 g/mol. The predicted molar refractivity (Wildman–Crippen MR) is 110 cm³/mol. The van der Waals surface area contributed by atoms with Gasteiger partial charge in [-0.25, -0.2) is 4.98 Å². The number of nitrogens with zero attached hydrogens (tertiary/aromatic N) is 2. The molecule has 0 fully saturated rings. The zero-order chi connectivity index (χ0) is 18.8. The lowest BCUT2D eigenvalue weighted by Crippen LogP contribution is -2.03. The maximum atomic E-state index is 6.29. The molecule has 0 radical (unpaired) electrons. The number of nitrogens with one attached hydrogen (secondary N) is 1. The first-order valence-corrected chi connectivity index (χ1v) is 8.71. The minimum absolute atomic E-state index is 0.331. The van der Waals surface area contributed by atoms with E-state index in [1.165, 1.54) is 6.33 Å². The van der Waals surface area contributed by atoms with Crippen LogP contribution in [0.5, 0.6) is 11.6 Å². The highest BCUT2D eigenvalue weighted by Crippen LogP contribution is 2.33. The smallest absolute Gasteiger partial charge is 0.248 e. The van der Waals surface area contributed by atoms with Gasteiger partial charge in [-0.2, -0.15) is 4.98 Å². The van der Waals surface area contributed by atoms with Crippen LogP contribution in [0, 0.1) is 13.8 Å². The molecule has 4 rings (SSSR count). The Morgan fingerprint density at radius 1 is 0.889 bits per heavy atom. The molecule has 0 aliphatic carbocycles. The van der Waals surface area contributed by atoms with Crippen LogP contribution < -0.4 is 15.8 Å². The van der Waals surface area contributed by atoms with Gasteiger partial charge < -0.3 is 15.8 Å². The minimum Gasteiger partial charge on any atom is -0.437 e. The molecular formula is C22H20N4O. The fraction of sp³-hybridized carbons (Fsp3) is 0.0909. The van der Waals surface area contributed by atoms with E-state index >= 15 is 0 Å². The number of benzene rings is 3. The van der Waals surface area contributed by atoms with Crippen LogP contribution in [0.15, 0.2) is 67.0 Å². The summed E-state index contributed by atoms with van der Waals surface area (Å²) in [5.41, 5.74) is 9.81. The summed E-state index contributed by atoms with van der Waals surface area (Å²) in [6.07, 6.45) is 1.45. The molecule has 134 valence electrons. The van der Waals surface area contributed by atoms with Crippen LogP contribution in [-0.4, -0.2) is 9.97 Å². The number of aromatic nitrogens is 2. The first-order chi connectivity index (χ1) is 13.1. The van der Waals surface area contributed by atoms with E-state index in [9.17, 15) is 0 Å². The van der Waals surface area contributed by atoms with Gasteiger partial charge in [0.15, 0.2) is 5.82 Å². The van der Waals surface area contributed by atoms with E-state index in [2.05, 4.69) is 39.6 Å². The van der Waals surface area contributed by atoms with Crippen LogP contribution >= 0.6 is 0 Å². The summed E-state index contributed by atoms with van der Waals surface area (Å²) in [6.45, 7) is 4.05. The topological polar surface area (TPSA) is 73.1 Å². The molecule has 3 N–H and O–H groups in total. The third-order valence-electron chi connectivity index (χ3n) is 4.30. The lowest BCUT2D eigenvalue weighted by molar-refractivity contribution is 0.464. The Bertz CT molecular complexity index is 1100. The maximum absolute atomic E-state index is 6.29. The van der Waals surface area contributed by atoms with Crippen molar-refractivity contribution in [3.63, 3.8) is 0 Å². The molecule has 0 unspecified atom stereocenters. The van der Waals surface area contributed by atoms with Gasteiger partial charge in [-0.3, -0.25) is 0 Å². The summed E-state index contributed by atoms with van der Waals surface area (Å²) in [7, 11) is 0. The Morgan fingerprint density at radius 2 is 1.63 bits per heavy atom. The molecule has 4 aromatic rings. The Morgan fingerprint density at radius 3 is 2.44 bits per heavy atom. The van der Waals surface area contributed by atoms with Gasteiger partial charge in [0.25, 0.3) is 0 Å². The quantitative estimate of drug-likeness (QED) is 0.514. The van der Waals surface area contributed by atoms with Gasteiger partial charge in [0, 0.05) is 11.1 Å². The summed E-state index contributed by atoms with van der Waals surface area (Å²) in [6, 6.07) is 20.2. The number of hydrogen-bond donors (Lipinski definition) is 2. The van der Waals surface area contributed by atoms with E-state index in [0.717, 1.165) is 27.6 Å². The first-order valence-electron chi connectivity index (χ1n) is 8.71. The second-order valence-corrected chi connectivity index (χ2v) is 6.52. The minimum atomic E-state index is 0.331. The largest absolute Gasteiger partial charge is 0.437 e. The van der Waals surface area contributed by atoms with Crippen molar-refractivity contribution < 1.29 is 4.74 Å². The van der Waals surface area contributed by atoms with Crippen molar-refractivity contribution in [3.8, 4) is 11.6 Å². The molecule has 5 nitrogen and oxygen atoms in total. The van der Waals surface area contributed by atoms with Crippen molar-refractivity contribution in [2.24, 2.45) is 0 Å². The number of nitrogen functional groups attached to an aromatic ring is 1. The Kier molecular flexibility index (Phi) is 4.34. The van der Waals surface area contributed by atoms with Gasteiger partial charge in [0.1, 0.15) is 17.8 Å². The van der Waals surface area contributed by atoms with Crippen molar-refractivity contribution in [1.82, 2.24) is 9.97 Å². The zero-order valence-corrected chi connectivity index (χ0v) is 15.2. The number of nitrogens with two attached hydrogens (primary N) is 1. The zero-order valence-electron chi connectivity index (χ0n) is 15.2. The Balaban J connectivity index is 1.67. The standard InChI is InChI=1S/C22H20N4O/c1-14-10-15(2)12-17(11-14)27-22-20(23)21(24-13-25-22)26-19-9-5-7-16-6-3-4-8-18(16)19/h3-13H,23H2,1-2H3,(H,24,25,26). The van der Waals surface area contributed by atoms with E-state index in [1.54, 1.807) is 0 Å². The molecule has 0 aliphatic heterocycles. The maximum Gasteiger partial charge on any atom is 0.248 e. The number of rotatable bonds is 4. The number of ether oxygens (including phenoxy) is 1. The lowest BCUT2D eigenvalue weighted by Gasteiger charge is -2.13. The SMILES string of the molecule is Cc1cc(C)cc(Oc2ncnc(Nc3cccc4ccccc34)c2N)c1. The van der Waals surface area contributed by atoms with Crippen LogP contribution in [0.2, 0.25) is 0 Å². The van der Waals surface area contributed by atoms with Crippen LogP contribution in [0.3, 0.4) is 0 Å². The normalized spacial score (nSPS) is 10.7. The lowest BCUT2D eigenvalue weighted by atomic mass is 10.1. The molecule has 1 heterocycles. The molecule has 0 aliphatic rings. The average Bonchev–Trinajstić information content (AvgIpc) is 2.64. The van der Waals surface area contributed by atoms with Gasteiger partial charge in [0.2, 0.25) is 5.88 Å². The fourth-order valence-corrected chi connectivity index (χ4v) is 3.13. The Hall–Kier alpha value is -3.60. The molecule has 0 saturated heterocycles. The Labute approximate surface area is 157 Å². The summed E-state index contributed by atoms with van der Waals surface area (Å²) in [5.74, 6) is 1.55. The third kappa shape index (κ3) is 3.53. The van der Waals surface area contributed by atoms with Crippen molar-refractivity contribution >= 4 is 28.0 Å². The van der Waals surface area contributed by atoms with Gasteiger partial charge in [-0.05, 0) is 48.6 Å². The molecule has 1 aromatic heterocycles. The van der Waals surface area contributed by atoms with E-state index < -0.39 is 0 Å². The van der Waals surface area contributed by atoms with Crippen LogP contribution in [0.25, 0.3) is 10.8 Å². The third-order valence-corrected chi connectivity index (χ3v) is 4.30. The van der Waals surface area contributed by atoms with Crippen LogP contribution in [0.1, 0.15) is 11.1 Å². The molecule has 0 spiro atoms. The first kappa shape index (κ1) is 16.8. The highest BCUT2D eigenvalue weighted by atomic mass is 16.5. The van der Waals surface area contributed by atoms with Gasteiger partial charge in [-0.1, -0.05) is 42.5 Å². The van der Waals surface area contributed by atoms with E-state index in [0.29, 0.717) is 23.1 Å². The average molecular weight is 356 g/mol. The van der Waals surface area contributed by atoms with Crippen LogP contribution in [-0.2, 0) is 0 Å². The highest BCUT2D eigenvalue weighted by Gasteiger charge is 2.12. The highest BCUT2D eigenvalue weighted by molar-refractivity contribution is 5.96. The van der Waals surface area contributed by atoms with E-state index in [1.807, 2.05) is 50.2 Å².